The van der Waals surface area contributed by atoms with Crippen molar-refractivity contribution in [3.63, 3.8) is 0 Å². The molecule has 0 fully saturated rings. The second kappa shape index (κ2) is 72.0. The third-order valence-corrected chi connectivity index (χ3v) is 20.0. The molecule has 0 radical (unpaired) electrons. The van der Waals surface area contributed by atoms with Crippen LogP contribution >= 0.6 is 11.6 Å². The number of aryl methyl sites for hydroxylation is 3. The second-order valence-electron chi connectivity index (χ2n) is 38.6. The molecule has 0 atom stereocenters. The first-order valence-corrected chi connectivity index (χ1v) is 48.6. The van der Waals surface area contributed by atoms with E-state index >= 15 is 0 Å². The largest absolute Gasteiger partial charge is 0.508 e. The predicted molar refractivity (Wildman–Crippen MR) is 561 cm³/mol. The van der Waals surface area contributed by atoms with Crippen molar-refractivity contribution in [3.05, 3.63) is 331 Å². The number of carboxylic acids is 4. The molecule has 0 amide bonds. The number of hydrogen-bond donors (Lipinski definition) is 5. The highest BCUT2D eigenvalue weighted by Gasteiger charge is 2.11. The minimum Gasteiger partial charge on any atom is -0.508 e. The van der Waals surface area contributed by atoms with Crippen LogP contribution in [0, 0.1) is 77.4 Å². The predicted octanol–water partition coefficient (Wildman–Crippen LogP) is 29.7. The summed E-state index contributed by atoms with van der Waals surface area (Å²) >= 11 is 5.83. The van der Waals surface area contributed by atoms with Gasteiger partial charge in [-0.2, -0.15) is 5.26 Å². The Kier molecular flexibility index (Phi) is 64.8. The van der Waals surface area contributed by atoms with Crippen molar-refractivity contribution in [2.24, 2.45) is 59.2 Å². The van der Waals surface area contributed by atoms with Crippen LogP contribution in [0.25, 0.3) is 0 Å². The van der Waals surface area contributed by atoms with E-state index in [1.54, 1.807) is 37.4 Å². The summed E-state index contributed by atoms with van der Waals surface area (Å²) in [4.78, 5) is 52.7. The molecular weight excluding hydrogens is 1700 g/mol. The molecule has 135 heavy (non-hydrogen) atoms. The molecule has 0 saturated carbocycles. The van der Waals surface area contributed by atoms with E-state index in [9.17, 15) is 24.0 Å². The van der Waals surface area contributed by atoms with Crippen molar-refractivity contribution in [2.45, 2.75) is 261 Å². The van der Waals surface area contributed by atoms with Crippen LogP contribution in [0.15, 0.2) is 243 Å². The third-order valence-electron chi connectivity index (χ3n) is 19.7. The van der Waals surface area contributed by atoms with Gasteiger partial charge in [0.15, 0.2) is 13.2 Å². The quantitative estimate of drug-likeness (QED) is 0.0178. The molecular formula is C119H164ClNO14. The molecule has 10 rings (SSSR count). The zero-order valence-corrected chi connectivity index (χ0v) is 86.5. The fraction of sp³-hybridized carbons (Fsp3) is 0.445. The maximum atomic E-state index is 10.9. The summed E-state index contributed by atoms with van der Waals surface area (Å²) in [5.41, 5.74) is 18.1. The summed E-state index contributed by atoms with van der Waals surface area (Å²) in [6.07, 6.45) is 16.7. The van der Waals surface area contributed by atoms with Gasteiger partial charge in [-0.05, 0) is 314 Å². The van der Waals surface area contributed by atoms with Crippen LogP contribution in [0.2, 0.25) is 5.02 Å². The first-order valence-electron chi connectivity index (χ1n) is 48.3. The van der Waals surface area contributed by atoms with Gasteiger partial charge in [0, 0.05) is 17.9 Å². The number of carbonyl (C=O) groups is 5. The highest BCUT2D eigenvalue weighted by Crippen LogP contribution is 2.24. The van der Waals surface area contributed by atoms with Crippen LogP contribution in [-0.4, -0.2) is 82.8 Å². The van der Waals surface area contributed by atoms with Gasteiger partial charge >= 0.3 is 29.8 Å². The van der Waals surface area contributed by atoms with Gasteiger partial charge in [0.2, 0.25) is 0 Å². The Balaban J connectivity index is 0.000000753. The molecule has 10 aromatic rings. The molecule has 10 aromatic carbocycles. The molecule has 0 aromatic heterocycles. The molecule has 15 nitrogen and oxygen atoms in total. The molecule has 0 spiro atoms. The Bertz CT molecular complexity index is 4830. The van der Waals surface area contributed by atoms with Gasteiger partial charge in [0.05, 0.1) is 31.4 Å². The van der Waals surface area contributed by atoms with Crippen LogP contribution < -0.4 is 14.2 Å². The lowest BCUT2D eigenvalue weighted by Gasteiger charge is -2.11. The standard InChI is InChI=1S/C16H24O2.C14H20O2.C13H18O3.C12H16O3.C11H13N.C11H14O2.C11H16O.C11H16.C10H13Cl.C10H14O/c1-13(2)12-15-10-7-6-9-14(15)8-4-3-5-11-16(17)18;1-11(2)9-13-7-3-5-12(10-13)6-4-8-14(15)16;1-10(2)7-11-5-4-6-12(8-11)16-9-13(14)15-3;1-9(2)6-10-4-3-5-11(7-10)15-8-12(13)14;1-9(2)6-10-4-3-5-11(7-10)8-12;1-8(2)6-9-4-3-5-10(7-9)11(12)13;1-9(2)7-10-5-4-6-11(8-10)12-3;1-9(2)7-11-6-4-5-10(3)8-11;2*1-8(2)6-9-4-3-5-10(11)7-9/h6-7,9-10,13H,3-5,8,11-12H2,1-2H3,(H,17,18);3,5,7,10-11H,4,6,8-9H2,1-2H3,(H,15,16);4-6,8,10H,7,9H2,1-3H3;3-5,7,9H,6,8H2,1-2H3,(H,13,14);3-5,7,9H,6H2,1-2H3;3-5,7-8H,6H2,1-2H3,(H,12,13);4-6,8-9H,7H2,1-3H3;4-6,8-9H,7H2,1-3H3;3-5,7-8H,6H2,1-2H3;3-5,7-8,11H,6H2,1-2H3. The Hall–Kier alpha value is -11.5. The lowest BCUT2D eigenvalue weighted by molar-refractivity contribution is -0.143. The fourth-order valence-electron chi connectivity index (χ4n) is 14.3. The fourth-order valence-corrected chi connectivity index (χ4v) is 14.5. The number of aromatic carboxylic acids is 1. The van der Waals surface area contributed by atoms with Crippen molar-refractivity contribution in [2.75, 3.05) is 27.4 Å². The first kappa shape index (κ1) is 122. The van der Waals surface area contributed by atoms with Crippen LogP contribution in [0.5, 0.6) is 23.0 Å². The first-order chi connectivity index (χ1) is 63.9. The number of halogens is 1. The minimum atomic E-state index is -0.954. The molecule has 736 valence electrons. The lowest BCUT2D eigenvalue weighted by atomic mass is 9.95. The SMILES string of the molecule is CC(C)Cc1cccc(C#N)c1.CC(C)Cc1cccc(C(=O)O)c1.CC(C)Cc1cccc(CCCC(=O)O)c1.CC(C)Cc1cccc(Cl)c1.CC(C)Cc1cccc(O)c1.CC(C)Cc1cccc(OCC(=O)O)c1.CC(C)Cc1ccccc1CCCCCC(=O)O.COC(=O)COc1cccc(CC(C)C)c1.COc1cccc(CC(C)C)c1.Cc1cccc(CC(C)C)c1. The number of nitriles is 1. The Labute approximate surface area is 817 Å². The summed E-state index contributed by atoms with van der Waals surface area (Å²) in [5.74, 6) is 5.64. The van der Waals surface area contributed by atoms with E-state index in [0.717, 1.165) is 124 Å². The highest BCUT2D eigenvalue weighted by atomic mass is 35.5. The molecule has 0 aliphatic carbocycles. The molecule has 16 heteroatoms. The monoisotopic (exact) mass is 1870 g/mol. The van der Waals surface area contributed by atoms with Crippen LogP contribution in [0.1, 0.15) is 265 Å². The molecule has 0 saturated heterocycles. The average molecular weight is 1870 g/mol. The third kappa shape index (κ3) is 66.6. The number of hydrogen-bond acceptors (Lipinski definition) is 11. The molecule has 0 bridgehead atoms. The van der Waals surface area contributed by atoms with Gasteiger partial charge in [-0.3, -0.25) is 9.59 Å². The van der Waals surface area contributed by atoms with E-state index in [1.807, 2.05) is 109 Å². The lowest BCUT2D eigenvalue weighted by Crippen LogP contribution is -2.12. The number of benzene rings is 10. The smallest absolute Gasteiger partial charge is 0.343 e. The normalized spacial score (nSPS) is 10.4. The van der Waals surface area contributed by atoms with E-state index in [0.29, 0.717) is 82.5 Å². The van der Waals surface area contributed by atoms with E-state index in [-0.39, 0.29) is 25.6 Å². The number of esters is 1. The van der Waals surface area contributed by atoms with Crippen LogP contribution in [0.3, 0.4) is 0 Å². The van der Waals surface area contributed by atoms with Gasteiger partial charge < -0.3 is 44.5 Å². The summed E-state index contributed by atoms with van der Waals surface area (Å²) < 4.78 is 20.0. The number of phenolic OH excluding ortho intramolecular Hbond substituents is 1. The molecule has 0 heterocycles. The Morgan fingerprint density at radius 2 is 0.681 bits per heavy atom. The maximum absolute atomic E-state index is 10.9. The zero-order chi connectivity index (χ0) is 101. The number of carboxylic acid groups (broad SMARTS) is 4. The Morgan fingerprint density at radius 1 is 0.326 bits per heavy atom. The van der Waals surface area contributed by atoms with Crippen molar-refractivity contribution < 1.29 is 68.5 Å². The van der Waals surface area contributed by atoms with E-state index in [1.165, 1.54) is 80.3 Å². The summed E-state index contributed by atoms with van der Waals surface area (Å²) in [6.45, 7) is 45.6. The zero-order valence-electron chi connectivity index (χ0n) is 85.7. The number of aromatic hydroxyl groups is 1. The number of carbonyl (C=O) groups excluding carboxylic acids is 1. The van der Waals surface area contributed by atoms with E-state index in [4.69, 9.17) is 56.6 Å². The van der Waals surface area contributed by atoms with E-state index in [2.05, 4.69) is 259 Å². The molecule has 0 aliphatic heterocycles. The molecule has 5 N–H and O–H groups in total. The Morgan fingerprint density at radius 3 is 1.10 bits per heavy atom. The topological polar surface area (TPSA) is 247 Å². The maximum Gasteiger partial charge on any atom is 0.343 e. The van der Waals surface area contributed by atoms with Crippen molar-refractivity contribution in [3.8, 4) is 29.1 Å². The number of ether oxygens (including phenoxy) is 4. The molecule has 0 unspecified atom stereocenters. The van der Waals surface area contributed by atoms with Crippen molar-refractivity contribution >= 4 is 41.4 Å². The number of phenols is 1. The van der Waals surface area contributed by atoms with Crippen LogP contribution in [-0.2, 0) is 101 Å². The van der Waals surface area contributed by atoms with E-state index < -0.39 is 23.9 Å². The number of nitrogens with zero attached hydrogens (tertiary/aromatic N) is 1. The summed E-state index contributed by atoms with van der Waals surface area (Å²) in [6, 6.07) is 82.0. The minimum absolute atomic E-state index is 0.0400. The van der Waals surface area contributed by atoms with Crippen LogP contribution in [0.4, 0.5) is 0 Å². The second-order valence-corrected chi connectivity index (χ2v) is 39.0. The van der Waals surface area contributed by atoms with Gasteiger partial charge in [0.1, 0.15) is 23.0 Å². The van der Waals surface area contributed by atoms with Gasteiger partial charge in [-0.25, -0.2) is 14.4 Å². The molecule has 0 aliphatic rings. The number of unbranched alkanes of at least 4 members (excludes halogenated alkanes) is 2. The van der Waals surface area contributed by atoms with Gasteiger partial charge in [0.25, 0.3) is 0 Å². The average Bonchev–Trinajstić information content (AvgIpc) is 0.896. The number of aliphatic carboxylic acids is 3. The van der Waals surface area contributed by atoms with Gasteiger partial charge in [-0.1, -0.05) is 320 Å². The van der Waals surface area contributed by atoms with Gasteiger partial charge in [-0.15, -0.1) is 0 Å². The summed E-state index contributed by atoms with van der Waals surface area (Å²) in [7, 11) is 3.05. The highest BCUT2D eigenvalue weighted by molar-refractivity contribution is 6.30. The summed E-state index contributed by atoms with van der Waals surface area (Å²) in [5, 5.41) is 53.0. The van der Waals surface area contributed by atoms with Crippen molar-refractivity contribution in [1.29, 1.82) is 5.26 Å². The number of methoxy groups -OCH3 is 2. The number of rotatable bonds is 38. The van der Waals surface area contributed by atoms with Crippen molar-refractivity contribution in [1.82, 2.24) is 0 Å².